The summed E-state index contributed by atoms with van der Waals surface area (Å²) in [7, 11) is 3.04. The van der Waals surface area contributed by atoms with Gasteiger partial charge in [-0.05, 0) is 12.1 Å². The zero-order valence-electron chi connectivity index (χ0n) is 13.1. The second kappa shape index (κ2) is 7.54. The lowest BCUT2D eigenvalue weighted by Crippen LogP contribution is -2.20. The number of ether oxygens (including phenoxy) is 2. The molecule has 0 fully saturated rings. The minimum Gasteiger partial charge on any atom is -0.382 e. The Balaban J connectivity index is 2.18. The van der Waals surface area contributed by atoms with E-state index in [1.54, 1.807) is 0 Å². The highest BCUT2D eigenvalue weighted by molar-refractivity contribution is 6.07. The Morgan fingerprint density at radius 2 is 1.75 bits per heavy atom. The smallest absolute Gasteiger partial charge is 0.382 e. The molecule has 0 atom stereocenters. The second-order valence-electron chi connectivity index (χ2n) is 5.05. The third-order valence-corrected chi connectivity index (χ3v) is 3.31. The molecule has 0 amide bonds. The summed E-state index contributed by atoms with van der Waals surface area (Å²) in [5.41, 5.74) is -0.681. The number of ketones is 1. The maximum absolute atomic E-state index is 12.5. The summed E-state index contributed by atoms with van der Waals surface area (Å²) in [4.78, 5) is 12.3. The number of hydrogen-bond acceptors (Lipinski definition) is 5. The van der Waals surface area contributed by atoms with E-state index >= 15 is 0 Å². The first-order chi connectivity index (χ1) is 11.4. The predicted octanol–water partition coefficient (Wildman–Crippen LogP) is 2.36. The average Bonchev–Trinajstić information content (AvgIpc) is 3.03. The van der Waals surface area contributed by atoms with Crippen molar-refractivity contribution in [1.82, 2.24) is 15.0 Å². The van der Waals surface area contributed by atoms with E-state index in [2.05, 4.69) is 10.3 Å². The van der Waals surface area contributed by atoms with Gasteiger partial charge in [-0.2, -0.15) is 13.2 Å². The molecule has 130 valence electrons. The van der Waals surface area contributed by atoms with Gasteiger partial charge >= 0.3 is 6.18 Å². The van der Waals surface area contributed by atoms with Crippen LogP contribution in [0.3, 0.4) is 0 Å². The van der Waals surface area contributed by atoms with Gasteiger partial charge in [0.25, 0.3) is 0 Å². The van der Waals surface area contributed by atoms with Gasteiger partial charge < -0.3 is 9.47 Å². The summed E-state index contributed by atoms with van der Waals surface area (Å²) in [5, 5.41) is 7.64. The number of aromatic nitrogens is 3. The van der Waals surface area contributed by atoms with E-state index in [-0.39, 0.29) is 17.3 Å². The molecule has 24 heavy (non-hydrogen) atoms. The molecule has 0 saturated carbocycles. The molecule has 0 bridgehead atoms. The number of carbonyl (C=O) groups excluding carboxylic acids is 1. The molecule has 6 nitrogen and oxygen atoms in total. The lowest BCUT2D eigenvalue weighted by molar-refractivity contribution is -0.137. The highest BCUT2D eigenvalue weighted by atomic mass is 19.4. The number of alkyl halides is 3. The van der Waals surface area contributed by atoms with Gasteiger partial charge in [0.05, 0.1) is 25.0 Å². The van der Waals surface area contributed by atoms with Crippen molar-refractivity contribution >= 4 is 5.78 Å². The van der Waals surface area contributed by atoms with Crippen molar-refractivity contribution in [1.29, 1.82) is 0 Å². The normalized spacial score (nSPS) is 11.9. The first-order valence-electron chi connectivity index (χ1n) is 6.98. The Labute approximate surface area is 136 Å². The van der Waals surface area contributed by atoms with E-state index in [1.807, 2.05) is 0 Å². The fraction of sp³-hybridized carbons (Fsp3) is 0.400. The molecule has 2 aromatic rings. The molecule has 0 saturated heterocycles. The van der Waals surface area contributed by atoms with E-state index in [1.165, 1.54) is 25.1 Å². The molecule has 0 N–H and O–H groups in total. The third kappa shape index (κ3) is 4.18. The van der Waals surface area contributed by atoms with Crippen molar-refractivity contribution in [2.45, 2.75) is 12.2 Å². The Hall–Kier alpha value is -2.26. The molecule has 2 rings (SSSR count). The average molecular weight is 343 g/mol. The van der Waals surface area contributed by atoms with Crippen molar-refractivity contribution in [3.05, 3.63) is 47.3 Å². The monoisotopic (exact) mass is 343 g/mol. The van der Waals surface area contributed by atoms with Crippen molar-refractivity contribution in [2.75, 3.05) is 27.4 Å². The molecule has 0 aliphatic heterocycles. The van der Waals surface area contributed by atoms with Crippen LogP contribution in [0.1, 0.15) is 27.7 Å². The van der Waals surface area contributed by atoms with Gasteiger partial charge in [0.15, 0.2) is 5.69 Å². The molecule has 1 aromatic carbocycles. The summed E-state index contributed by atoms with van der Waals surface area (Å²) in [6, 6.07) is 3.69. The number of methoxy groups -OCH3 is 2. The van der Waals surface area contributed by atoms with Crippen LogP contribution in [0, 0.1) is 0 Å². The van der Waals surface area contributed by atoms with Gasteiger partial charge in [0.2, 0.25) is 5.78 Å². The highest BCUT2D eigenvalue weighted by Crippen LogP contribution is 2.29. The molecular weight excluding hydrogens is 327 g/mol. The Morgan fingerprint density at radius 1 is 1.17 bits per heavy atom. The van der Waals surface area contributed by atoms with Gasteiger partial charge in [-0.1, -0.05) is 17.3 Å². The standard InChI is InChI=1S/C15H16F3N3O3/c1-23-8-12(9-24-2)21-7-13(19-20-21)14(22)10-3-5-11(6-4-10)15(16,17)18/h3-7,12H,8-9H2,1-2H3. The van der Waals surface area contributed by atoms with Crippen molar-refractivity contribution in [2.24, 2.45) is 0 Å². The van der Waals surface area contributed by atoms with E-state index in [0.717, 1.165) is 24.3 Å². The van der Waals surface area contributed by atoms with Crippen LogP contribution in [0.25, 0.3) is 0 Å². The fourth-order valence-electron chi connectivity index (χ4n) is 2.10. The summed E-state index contributed by atoms with van der Waals surface area (Å²) in [6.07, 6.45) is -3.03. The minimum atomic E-state index is -4.45. The number of halogens is 3. The summed E-state index contributed by atoms with van der Waals surface area (Å²) in [6.45, 7) is 0.621. The highest BCUT2D eigenvalue weighted by Gasteiger charge is 2.30. The van der Waals surface area contributed by atoms with E-state index in [9.17, 15) is 18.0 Å². The van der Waals surface area contributed by atoms with E-state index in [0.29, 0.717) is 13.2 Å². The molecule has 0 aliphatic rings. The minimum absolute atomic E-state index is 0.0342. The molecule has 1 aromatic heterocycles. The maximum atomic E-state index is 12.5. The summed E-state index contributed by atoms with van der Waals surface area (Å²) < 4.78 is 49.2. The van der Waals surface area contributed by atoms with Crippen LogP contribution in [0.5, 0.6) is 0 Å². The number of nitrogens with zero attached hydrogens (tertiary/aromatic N) is 3. The number of benzene rings is 1. The summed E-state index contributed by atoms with van der Waals surface area (Å²) >= 11 is 0. The van der Waals surface area contributed by atoms with Gasteiger partial charge in [-0.3, -0.25) is 4.79 Å². The molecule has 0 unspecified atom stereocenters. The molecule has 9 heteroatoms. The Morgan fingerprint density at radius 3 is 2.25 bits per heavy atom. The lowest BCUT2D eigenvalue weighted by atomic mass is 10.1. The van der Waals surface area contributed by atoms with Crippen LogP contribution < -0.4 is 0 Å². The predicted molar refractivity (Wildman–Crippen MR) is 77.7 cm³/mol. The topological polar surface area (TPSA) is 66.2 Å². The molecule has 0 aliphatic carbocycles. The van der Waals surface area contributed by atoms with Crippen molar-refractivity contribution in [3.63, 3.8) is 0 Å². The Kier molecular flexibility index (Phi) is 5.68. The van der Waals surface area contributed by atoms with E-state index < -0.39 is 17.5 Å². The van der Waals surface area contributed by atoms with Gasteiger partial charge in [-0.15, -0.1) is 5.10 Å². The zero-order valence-corrected chi connectivity index (χ0v) is 13.1. The van der Waals surface area contributed by atoms with Crippen LogP contribution in [-0.2, 0) is 15.7 Å². The first-order valence-corrected chi connectivity index (χ1v) is 6.98. The molecule has 0 radical (unpaired) electrons. The van der Waals surface area contributed by atoms with Crippen LogP contribution in [0.2, 0.25) is 0 Å². The van der Waals surface area contributed by atoms with Crippen molar-refractivity contribution in [3.8, 4) is 0 Å². The van der Waals surface area contributed by atoms with Gasteiger partial charge in [0, 0.05) is 19.8 Å². The second-order valence-corrected chi connectivity index (χ2v) is 5.05. The van der Waals surface area contributed by atoms with Crippen LogP contribution in [0.4, 0.5) is 13.2 Å². The largest absolute Gasteiger partial charge is 0.416 e. The van der Waals surface area contributed by atoms with Gasteiger partial charge in [0.1, 0.15) is 6.04 Å². The van der Waals surface area contributed by atoms with Crippen LogP contribution in [0.15, 0.2) is 30.5 Å². The SMILES string of the molecule is COCC(COC)n1cc(C(=O)c2ccc(C(F)(F)F)cc2)nn1. The quantitative estimate of drug-likeness (QED) is 0.722. The first kappa shape index (κ1) is 18.1. The number of carbonyl (C=O) groups is 1. The maximum Gasteiger partial charge on any atom is 0.416 e. The van der Waals surface area contributed by atoms with Crippen molar-refractivity contribution < 1.29 is 27.4 Å². The lowest BCUT2D eigenvalue weighted by Gasteiger charge is -2.14. The fourth-order valence-corrected chi connectivity index (χ4v) is 2.10. The number of rotatable bonds is 7. The van der Waals surface area contributed by atoms with E-state index in [4.69, 9.17) is 9.47 Å². The molecule has 1 heterocycles. The number of hydrogen-bond donors (Lipinski definition) is 0. The Bertz CT molecular complexity index is 677. The summed E-state index contributed by atoms with van der Waals surface area (Å²) in [5.74, 6) is -0.511. The molecule has 0 spiro atoms. The molecular formula is C15H16F3N3O3. The van der Waals surface area contributed by atoms with Crippen LogP contribution in [-0.4, -0.2) is 48.2 Å². The van der Waals surface area contributed by atoms with Crippen LogP contribution >= 0.6 is 0 Å². The third-order valence-electron chi connectivity index (χ3n) is 3.31. The van der Waals surface area contributed by atoms with Gasteiger partial charge in [-0.25, -0.2) is 4.68 Å². The zero-order chi connectivity index (χ0) is 17.7.